The molecule has 0 bridgehead atoms. The molecule has 2 fully saturated rings. The Hall–Kier alpha value is -1.10. The second kappa shape index (κ2) is 6.57. The van der Waals surface area contributed by atoms with E-state index in [0.29, 0.717) is 18.8 Å². The molecular weight excluding hydrogens is 256 g/mol. The molecule has 20 heavy (non-hydrogen) atoms. The van der Waals surface area contributed by atoms with Gasteiger partial charge in [0.2, 0.25) is 5.91 Å². The lowest BCUT2D eigenvalue weighted by atomic mass is 9.75. The Labute approximate surface area is 120 Å². The molecule has 2 aliphatic carbocycles. The molecule has 114 valence electrons. The highest BCUT2D eigenvalue weighted by Crippen LogP contribution is 2.34. The Morgan fingerprint density at radius 3 is 2.30 bits per heavy atom. The summed E-state index contributed by atoms with van der Waals surface area (Å²) in [5.41, 5.74) is -1.04. The fourth-order valence-electron chi connectivity index (χ4n) is 2.99. The third-order valence-electron chi connectivity index (χ3n) is 4.74. The summed E-state index contributed by atoms with van der Waals surface area (Å²) in [6.07, 6.45) is 6.45. The van der Waals surface area contributed by atoms with Gasteiger partial charge in [0.15, 0.2) is 0 Å². The third-order valence-corrected chi connectivity index (χ3v) is 4.74. The van der Waals surface area contributed by atoms with Crippen LogP contribution in [0, 0.1) is 11.8 Å². The van der Waals surface area contributed by atoms with Crippen LogP contribution in [0.3, 0.4) is 0 Å². The van der Waals surface area contributed by atoms with Gasteiger partial charge in [0.05, 0.1) is 6.54 Å². The lowest BCUT2D eigenvalue weighted by Gasteiger charge is -2.37. The highest BCUT2D eigenvalue weighted by Gasteiger charge is 2.42. The minimum atomic E-state index is -1.04. The average molecular weight is 282 g/mol. The van der Waals surface area contributed by atoms with Crippen LogP contribution in [-0.2, 0) is 9.59 Å². The number of carboxylic acid groups (broad SMARTS) is 1. The molecule has 1 amide bonds. The first-order chi connectivity index (χ1) is 9.55. The molecule has 5 nitrogen and oxygen atoms in total. The van der Waals surface area contributed by atoms with E-state index in [1.54, 1.807) is 0 Å². The number of hydrogen-bond acceptors (Lipinski definition) is 3. The Morgan fingerprint density at radius 1 is 1.15 bits per heavy atom. The van der Waals surface area contributed by atoms with Gasteiger partial charge < -0.3 is 15.7 Å². The fourth-order valence-corrected chi connectivity index (χ4v) is 2.99. The maximum absolute atomic E-state index is 11.9. The molecule has 0 spiro atoms. The van der Waals surface area contributed by atoms with Gasteiger partial charge in [-0.1, -0.05) is 13.3 Å². The monoisotopic (exact) mass is 282 g/mol. The molecule has 5 heteroatoms. The summed E-state index contributed by atoms with van der Waals surface area (Å²) < 4.78 is 0. The third kappa shape index (κ3) is 3.95. The van der Waals surface area contributed by atoms with Crippen LogP contribution in [0.2, 0.25) is 0 Å². The van der Waals surface area contributed by atoms with Crippen molar-refractivity contribution in [2.45, 2.75) is 57.4 Å². The van der Waals surface area contributed by atoms with Crippen LogP contribution in [0.25, 0.3) is 0 Å². The van der Waals surface area contributed by atoms with Crippen LogP contribution in [0.15, 0.2) is 0 Å². The molecule has 0 aromatic carbocycles. The van der Waals surface area contributed by atoms with Gasteiger partial charge in [-0.3, -0.25) is 4.79 Å². The van der Waals surface area contributed by atoms with Gasteiger partial charge in [-0.2, -0.15) is 0 Å². The molecule has 0 saturated heterocycles. The molecule has 0 aliphatic heterocycles. The number of hydrogen-bond donors (Lipinski definition) is 3. The lowest BCUT2D eigenvalue weighted by Crippen LogP contribution is -2.57. The van der Waals surface area contributed by atoms with E-state index in [0.717, 1.165) is 31.7 Å². The fraction of sp³-hybridized carbons (Fsp3) is 0.867. The van der Waals surface area contributed by atoms with Crippen LogP contribution in [-0.4, -0.2) is 35.6 Å². The van der Waals surface area contributed by atoms with Crippen molar-refractivity contribution in [3.05, 3.63) is 0 Å². The predicted molar refractivity (Wildman–Crippen MR) is 76.4 cm³/mol. The molecule has 0 aromatic rings. The lowest BCUT2D eigenvalue weighted by molar-refractivity contribution is -0.149. The van der Waals surface area contributed by atoms with Crippen molar-refractivity contribution in [3.63, 3.8) is 0 Å². The largest absolute Gasteiger partial charge is 0.480 e. The van der Waals surface area contributed by atoms with Crippen LogP contribution in [0.1, 0.15) is 51.9 Å². The molecule has 2 aliphatic rings. The van der Waals surface area contributed by atoms with E-state index in [2.05, 4.69) is 17.6 Å². The second-order valence-electron chi connectivity index (χ2n) is 6.36. The number of carbonyl (C=O) groups excluding carboxylic acids is 1. The van der Waals surface area contributed by atoms with Gasteiger partial charge >= 0.3 is 5.97 Å². The Kier molecular flexibility index (Phi) is 5.02. The number of amides is 1. The van der Waals surface area contributed by atoms with Crippen LogP contribution >= 0.6 is 0 Å². The van der Waals surface area contributed by atoms with E-state index in [1.807, 2.05) is 0 Å². The molecule has 0 heterocycles. The number of nitrogens with one attached hydrogen (secondary N) is 2. The second-order valence-corrected chi connectivity index (χ2v) is 6.36. The summed E-state index contributed by atoms with van der Waals surface area (Å²) in [7, 11) is 0. The first kappa shape index (κ1) is 15.3. The maximum Gasteiger partial charge on any atom is 0.329 e. The van der Waals surface area contributed by atoms with E-state index < -0.39 is 11.5 Å². The van der Waals surface area contributed by atoms with Crippen molar-refractivity contribution < 1.29 is 14.7 Å². The normalized spacial score (nSPS) is 29.9. The van der Waals surface area contributed by atoms with Gasteiger partial charge in [0.1, 0.15) is 5.54 Å². The van der Waals surface area contributed by atoms with Gasteiger partial charge in [0.25, 0.3) is 0 Å². The zero-order valence-electron chi connectivity index (χ0n) is 12.3. The van der Waals surface area contributed by atoms with E-state index >= 15 is 0 Å². The molecule has 0 aromatic heterocycles. The summed E-state index contributed by atoms with van der Waals surface area (Å²) in [6.45, 7) is 3.23. The Balaban J connectivity index is 1.81. The molecular formula is C15H26N2O3. The highest BCUT2D eigenvalue weighted by atomic mass is 16.4. The van der Waals surface area contributed by atoms with Gasteiger partial charge in [-0.15, -0.1) is 0 Å². The topological polar surface area (TPSA) is 78.4 Å². The number of carboxylic acids is 1. The van der Waals surface area contributed by atoms with Crippen molar-refractivity contribution in [3.8, 4) is 0 Å². The van der Waals surface area contributed by atoms with E-state index in [4.69, 9.17) is 0 Å². The maximum atomic E-state index is 11.9. The van der Waals surface area contributed by atoms with Crippen LogP contribution < -0.4 is 10.6 Å². The van der Waals surface area contributed by atoms with E-state index in [9.17, 15) is 14.7 Å². The smallest absolute Gasteiger partial charge is 0.329 e. The number of rotatable bonds is 7. The standard InChI is InChI=1S/C15H26N2O3/c1-2-11-5-7-15(8-6-11,14(19)20)17-13(18)10-16-9-12-3-4-12/h11-12,16H,2-10H2,1H3,(H,17,18)(H,19,20). The summed E-state index contributed by atoms with van der Waals surface area (Å²) in [6, 6.07) is 0. The summed E-state index contributed by atoms with van der Waals surface area (Å²) >= 11 is 0. The first-order valence-corrected chi connectivity index (χ1v) is 7.81. The Morgan fingerprint density at radius 2 is 1.80 bits per heavy atom. The number of aliphatic carboxylic acids is 1. The minimum Gasteiger partial charge on any atom is -0.480 e. The average Bonchev–Trinajstić information content (AvgIpc) is 3.23. The predicted octanol–water partition coefficient (Wildman–Crippen LogP) is 1.53. The molecule has 2 saturated carbocycles. The van der Waals surface area contributed by atoms with Crippen molar-refractivity contribution in [2.24, 2.45) is 11.8 Å². The summed E-state index contributed by atoms with van der Waals surface area (Å²) in [5, 5.41) is 15.4. The van der Waals surface area contributed by atoms with Gasteiger partial charge in [-0.25, -0.2) is 4.79 Å². The molecule has 3 N–H and O–H groups in total. The van der Waals surface area contributed by atoms with Gasteiger partial charge in [-0.05, 0) is 56.9 Å². The van der Waals surface area contributed by atoms with Crippen LogP contribution in [0.4, 0.5) is 0 Å². The molecule has 0 unspecified atom stereocenters. The van der Waals surface area contributed by atoms with Crippen molar-refractivity contribution in [1.82, 2.24) is 10.6 Å². The molecule has 2 rings (SSSR count). The first-order valence-electron chi connectivity index (χ1n) is 7.81. The van der Waals surface area contributed by atoms with Crippen molar-refractivity contribution >= 4 is 11.9 Å². The zero-order chi connectivity index (χ0) is 14.6. The molecule has 0 atom stereocenters. The highest BCUT2D eigenvalue weighted by molar-refractivity contribution is 5.88. The van der Waals surface area contributed by atoms with E-state index in [-0.39, 0.29) is 12.5 Å². The SMILES string of the molecule is CCC1CCC(NC(=O)CNCC2CC2)(C(=O)O)CC1. The van der Waals surface area contributed by atoms with Crippen LogP contribution in [0.5, 0.6) is 0 Å². The van der Waals surface area contributed by atoms with Gasteiger partial charge in [0, 0.05) is 0 Å². The summed E-state index contributed by atoms with van der Waals surface area (Å²) in [5.74, 6) is 0.245. The summed E-state index contributed by atoms with van der Waals surface area (Å²) in [4.78, 5) is 23.5. The number of carbonyl (C=O) groups is 2. The molecule has 0 radical (unpaired) electrons. The quantitative estimate of drug-likeness (QED) is 0.661. The Bertz CT molecular complexity index is 358. The van der Waals surface area contributed by atoms with E-state index in [1.165, 1.54) is 12.8 Å². The zero-order valence-corrected chi connectivity index (χ0v) is 12.3. The minimum absolute atomic E-state index is 0.192. The van der Waals surface area contributed by atoms with Crippen molar-refractivity contribution in [1.29, 1.82) is 0 Å². The van der Waals surface area contributed by atoms with Crippen molar-refractivity contribution in [2.75, 3.05) is 13.1 Å².